The molecule has 6 heteroatoms. The first-order valence-electron chi connectivity index (χ1n) is 7.10. The molecule has 0 saturated carbocycles. The first-order valence-corrected chi connectivity index (χ1v) is 7.89. The van der Waals surface area contributed by atoms with Gasteiger partial charge in [-0.1, -0.05) is 33.1 Å². The molecule has 0 aromatic heterocycles. The number of ether oxygens (including phenoxy) is 1. The van der Waals surface area contributed by atoms with Gasteiger partial charge in [0.1, 0.15) is 0 Å². The van der Waals surface area contributed by atoms with Crippen LogP contribution in [0.3, 0.4) is 0 Å². The second kappa shape index (κ2) is 8.77. The van der Waals surface area contributed by atoms with Crippen molar-refractivity contribution in [2.24, 2.45) is 5.92 Å². The summed E-state index contributed by atoms with van der Waals surface area (Å²) >= 11 is 3.09. The number of carbonyl (C=O) groups excluding carboxylic acids is 1. The summed E-state index contributed by atoms with van der Waals surface area (Å²) in [4.78, 5) is 22.3. The molecule has 0 fully saturated rings. The average Bonchev–Trinajstić information content (AvgIpc) is 2.47. The Morgan fingerprint density at radius 2 is 2.14 bits per heavy atom. The fourth-order valence-electron chi connectivity index (χ4n) is 1.95. The SMILES string of the molecule is CCCCC(CC)COC(=O)c1ccc(Br)c([N+](=O)[O-])c1. The Morgan fingerprint density at radius 1 is 1.43 bits per heavy atom. The third-order valence-electron chi connectivity index (χ3n) is 3.37. The number of carbonyl (C=O) groups is 1. The van der Waals surface area contributed by atoms with Crippen molar-refractivity contribution >= 4 is 27.6 Å². The number of nitrogens with zero attached hydrogens (tertiary/aromatic N) is 1. The van der Waals surface area contributed by atoms with Crippen LogP contribution in [0.25, 0.3) is 0 Å². The fourth-order valence-corrected chi connectivity index (χ4v) is 2.35. The molecule has 1 atom stereocenters. The fraction of sp³-hybridized carbons (Fsp3) is 0.533. The van der Waals surface area contributed by atoms with Crippen LogP contribution >= 0.6 is 15.9 Å². The molecule has 0 bridgehead atoms. The molecule has 0 amide bonds. The van der Waals surface area contributed by atoms with Gasteiger partial charge in [0.15, 0.2) is 0 Å². The van der Waals surface area contributed by atoms with Gasteiger partial charge < -0.3 is 4.74 Å². The van der Waals surface area contributed by atoms with Crippen molar-refractivity contribution in [1.29, 1.82) is 0 Å². The highest BCUT2D eigenvalue weighted by atomic mass is 79.9. The van der Waals surface area contributed by atoms with Gasteiger partial charge in [0.2, 0.25) is 0 Å². The minimum absolute atomic E-state index is 0.137. The highest BCUT2D eigenvalue weighted by Crippen LogP contribution is 2.26. The van der Waals surface area contributed by atoms with Crippen molar-refractivity contribution in [3.8, 4) is 0 Å². The van der Waals surface area contributed by atoms with E-state index >= 15 is 0 Å². The van der Waals surface area contributed by atoms with E-state index in [4.69, 9.17) is 4.74 Å². The van der Waals surface area contributed by atoms with E-state index in [1.807, 2.05) is 0 Å². The topological polar surface area (TPSA) is 69.4 Å². The lowest BCUT2D eigenvalue weighted by atomic mass is 10.0. The van der Waals surface area contributed by atoms with E-state index in [0.717, 1.165) is 25.7 Å². The van der Waals surface area contributed by atoms with Gasteiger partial charge in [0.05, 0.1) is 21.6 Å². The molecule has 0 heterocycles. The van der Waals surface area contributed by atoms with Gasteiger partial charge in [0, 0.05) is 6.07 Å². The van der Waals surface area contributed by atoms with Gasteiger partial charge in [-0.3, -0.25) is 10.1 Å². The van der Waals surface area contributed by atoms with E-state index in [9.17, 15) is 14.9 Å². The standard InChI is InChI=1S/C15H20BrNO4/c1-3-5-6-11(4-2)10-21-15(18)12-7-8-13(16)14(9-12)17(19)20/h7-9,11H,3-6,10H2,1-2H3. The molecule has 0 saturated heterocycles. The van der Waals surface area contributed by atoms with E-state index in [1.165, 1.54) is 18.2 Å². The third kappa shape index (κ3) is 5.46. The number of rotatable bonds is 8. The van der Waals surface area contributed by atoms with Crippen LogP contribution in [0, 0.1) is 16.0 Å². The quantitative estimate of drug-likeness (QED) is 0.383. The molecule has 0 aliphatic rings. The predicted octanol–water partition coefficient (Wildman–Crippen LogP) is 4.73. The summed E-state index contributed by atoms with van der Waals surface area (Å²) < 4.78 is 5.62. The van der Waals surface area contributed by atoms with Gasteiger partial charge in [-0.25, -0.2) is 4.79 Å². The van der Waals surface area contributed by atoms with Crippen LogP contribution in [0.4, 0.5) is 5.69 Å². The molecule has 0 N–H and O–H groups in total. The molecule has 1 aromatic rings. The molecule has 0 spiro atoms. The van der Waals surface area contributed by atoms with Crippen LogP contribution in [-0.4, -0.2) is 17.5 Å². The van der Waals surface area contributed by atoms with Crippen LogP contribution < -0.4 is 0 Å². The molecule has 1 rings (SSSR count). The molecule has 1 aromatic carbocycles. The number of nitro benzene ring substituents is 1. The minimum atomic E-state index is -0.531. The highest BCUT2D eigenvalue weighted by molar-refractivity contribution is 9.10. The maximum atomic E-state index is 12.0. The van der Waals surface area contributed by atoms with Crippen LogP contribution in [0.1, 0.15) is 49.9 Å². The van der Waals surface area contributed by atoms with E-state index in [1.54, 1.807) is 0 Å². The highest BCUT2D eigenvalue weighted by Gasteiger charge is 2.17. The zero-order chi connectivity index (χ0) is 15.8. The summed E-state index contributed by atoms with van der Waals surface area (Å²) in [5.41, 5.74) is 0.0673. The van der Waals surface area contributed by atoms with Crippen molar-refractivity contribution < 1.29 is 14.5 Å². The normalized spacial score (nSPS) is 12.0. The summed E-state index contributed by atoms with van der Waals surface area (Å²) in [5, 5.41) is 10.9. The zero-order valence-corrected chi connectivity index (χ0v) is 13.9. The maximum Gasteiger partial charge on any atom is 0.338 e. The summed E-state index contributed by atoms with van der Waals surface area (Å²) in [6, 6.07) is 4.24. The average molecular weight is 358 g/mol. The Hall–Kier alpha value is -1.43. The molecule has 0 radical (unpaired) electrons. The van der Waals surface area contributed by atoms with Crippen molar-refractivity contribution in [2.45, 2.75) is 39.5 Å². The van der Waals surface area contributed by atoms with Gasteiger partial charge >= 0.3 is 5.97 Å². The second-order valence-corrected chi connectivity index (χ2v) is 5.79. The predicted molar refractivity (Wildman–Crippen MR) is 84.4 cm³/mol. The summed E-state index contributed by atoms with van der Waals surface area (Å²) in [6.07, 6.45) is 4.21. The lowest BCUT2D eigenvalue weighted by Crippen LogP contribution is -2.14. The Balaban J connectivity index is 2.67. The summed E-state index contributed by atoms with van der Waals surface area (Å²) in [5.74, 6) is -0.167. The Morgan fingerprint density at radius 3 is 2.71 bits per heavy atom. The monoisotopic (exact) mass is 357 g/mol. The molecule has 1 unspecified atom stereocenters. The van der Waals surface area contributed by atoms with Gasteiger partial charge in [-0.2, -0.15) is 0 Å². The van der Waals surface area contributed by atoms with Crippen LogP contribution in [-0.2, 0) is 4.74 Å². The molecular formula is C15H20BrNO4. The molecule has 0 aliphatic carbocycles. The first-order chi connectivity index (χ1) is 9.99. The molecule has 0 aliphatic heterocycles. The van der Waals surface area contributed by atoms with Gasteiger partial charge in [-0.05, 0) is 40.4 Å². The molecule has 5 nitrogen and oxygen atoms in total. The lowest BCUT2D eigenvalue weighted by molar-refractivity contribution is -0.385. The smallest absolute Gasteiger partial charge is 0.338 e. The number of esters is 1. The Labute approximate surface area is 133 Å². The number of nitro groups is 1. The van der Waals surface area contributed by atoms with Crippen molar-refractivity contribution in [3.63, 3.8) is 0 Å². The first kappa shape index (κ1) is 17.6. The van der Waals surface area contributed by atoms with Crippen molar-refractivity contribution in [2.75, 3.05) is 6.61 Å². The molecule has 116 valence electrons. The minimum Gasteiger partial charge on any atom is -0.462 e. The second-order valence-electron chi connectivity index (χ2n) is 4.94. The molecular weight excluding hydrogens is 338 g/mol. The van der Waals surface area contributed by atoms with E-state index in [-0.39, 0.29) is 11.3 Å². The summed E-state index contributed by atoms with van der Waals surface area (Å²) in [7, 11) is 0. The number of unbranched alkanes of at least 4 members (excludes halogenated alkanes) is 1. The number of halogens is 1. The number of benzene rings is 1. The van der Waals surface area contributed by atoms with Crippen LogP contribution in [0.2, 0.25) is 0 Å². The van der Waals surface area contributed by atoms with E-state index < -0.39 is 10.9 Å². The number of hydrogen-bond acceptors (Lipinski definition) is 4. The number of hydrogen-bond donors (Lipinski definition) is 0. The molecule has 21 heavy (non-hydrogen) atoms. The largest absolute Gasteiger partial charge is 0.462 e. The van der Waals surface area contributed by atoms with E-state index in [2.05, 4.69) is 29.8 Å². The van der Waals surface area contributed by atoms with Gasteiger partial charge in [-0.15, -0.1) is 0 Å². The Bertz CT molecular complexity index is 504. The van der Waals surface area contributed by atoms with Crippen LogP contribution in [0.5, 0.6) is 0 Å². The van der Waals surface area contributed by atoms with Crippen molar-refractivity contribution in [3.05, 3.63) is 38.3 Å². The third-order valence-corrected chi connectivity index (χ3v) is 4.04. The van der Waals surface area contributed by atoms with Gasteiger partial charge in [0.25, 0.3) is 5.69 Å². The maximum absolute atomic E-state index is 12.0. The summed E-state index contributed by atoms with van der Waals surface area (Å²) in [6.45, 7) is 4.55. The lowest BCUT2D eigenvalue weighted by Gasteiger charge is -2.14. The zero-order valence-electron chi connectivity index (χ0n) is 12.3. The van der Waals surface area contributed by atoms with Crippen molar-refractivity contribution in [1.82, 2.24) is 0 Å². The Kier molecular flexibility index (Phi) is 7.36. The van der Waals surface area contributed by atoms with Crippen LogP contribution in [0.15, 0.2) is 22.7 Å². The van der Waals surface area contributed by atoms with E-state index in [0.29, 0.717) is 17.0 Å².